The van der Waals surface area contributed by atoms with Crippen LogP contribution in [0.2, 0.25) is 0 Å². The van der Waals surface area contributed by atoms with E-state index in [2.05, 4.69) is 12.1 Å². The van der Waals surface area contributed by atoms with E-state index in [1.807, 2.05) is 30.0 Å². The van der Waals surface area contributed by atoms with Crippen molar-refractivity contribution < 1.29 is 9.90 Å². The number of amides is 1. The van der Waals surface area contributed by atoms with E-state index in [9.17, 15) is 9.90 Å². The first-order valence-corrected chi connectivity index (χ1v) is 6.66. The van der Waals surface area contributed by atoms with Crippen molar-refractivity contribution >= 4 is 5.91 Å². The van der Waals surface area contributed by atoms with Gasteiger partial charge in [0.05, 0.1) is 6.10 Å². The second kappa shape index (κ2) is 6.01. The van der Waals surface area contributed by atoms with E-state index in [0.29, 0.717) is 13.0 Å². The van der Waals surface area contributed by atoms with Gasteiger partial charge in [0, 0.05) is 25.4 Å². The molecule has 0 saturated carbocycles. The average molecular weight is 247 g/mol. The first-order valence-electron chi connectivity index (χ1n) is 6.66. The highest BCUT2D eigenvalue weighted by atomic mass is 16.3. The summed E-state index contributed by atoms with van der Waals surface area (Å²) >= 11 is 0. The van der Waals surface area contributed by atoms with Gasteiger partial charge in [-0.05, 0) is 25.3 Å². The van der Waals surface area contributed by atoms with Gasteiger partial charge in [-0.1, -0.05) is 30.3 Å². The van der Waals surface area contributed by atoms with Gasteiger partial charge in [-0.2, -0.15) is 0 Å². The lowest BCUT2D eigenvalue weighted by Gasteiger charge is -2.17. The third-order valence-corrected chi connectivity index (χ3v) is 3.73. The molecule has 1 aromatic carbocycles. The summed E-state index contributed by atoms with van der Waals surface area (Å²) in [5, 5.41) is 9.52. The summed E-state index contributed by atoms with van der Waals surface area (Å²) in [4.78, 5) is 13.9. The minimum atomic E-state index is -0.308. The quantitative estimate of drug-likeness (QED) is 0.882. The molecule has 98 valence electrons. The third kappa shape index (κ3) is 3.33. The van der Waals surface area contributed by atoms with Crippen molar-refractivity contribution in [1.29, 1.82) is 0 Å². The number of likely N-dealkylation sites (tertiary alicyclic amines) is 1. The van der Waals surface area contributed by atoms with E-state index in [4.69, 9.17) is 0 Å². The van der Waals surface area contributed by atoms with Crippen LogP contribution in [-0.4, -0.2) is 35.1 Å². The molecule has 1 heterocycles. The van der Waals surface area contributed by atoms with Crippen LogP contribution in [0.15, 0.2) is 30.3 Å². The van der Waals surface area contributed by atoms with Crippen molar-refractivity contribution in [2.75, 3.05) is 13.1 Å². The third-order valence-electron chi connectivity index (χ3n) is 3.73. The van der Waals surface area contributed by atoms with Crippen molar-refractivity contribution in [3.05, 3.63) is 35.9 Å². The first kappa shape index (κ1) is 13.1. The van der Waals surface area contributed by atoms with E-state index in [1.165, 1.54) is 5.56 Å². The Labute approximate surface area is 108 Å². The van der Waals surface area contributed by atoms with Gasteiger partial charge in [0.25, 0.3) is 0 Å². The van der Waals surface area contributed by atoms with Gasteiger partial charge in [-0.3, -0.25) is 4.79 Å². The number of benzene rings is 1. The van der Waals surface area contributed by atoms with E-state index in [-0.39, 0.29) is 17.9 Å². The van der Waals surface area contributed by atoms with Crippen LogP contribution in [0.25, 0.3) is 0 Å². The van der Waals surface area contributed by atoms with Crippen molar-refractivity contribution in [1.82, 2.24) is 4.90 Å². The van der Waals surface area contributed by atoms with Gasteiger partial charge < -0.3 is 10.0 Å². The molecule has 1 N–H and O–H groups in total. The van der Waals surface area contributed by atoms with Crippen LogP contribution in [-0.2, 0) is 11.2 Å². The van der Waals surface area contributed by atoms with Gasteiger partial charge in [0.1, 0.15) is 0 Å². The van der Waals surface area contributed by atoms with Crippen molar-refractivity contribution in [3.63, 3.8) is 0 Å². The van der Waals surface area contributed by atoms with Crippen LogP contribution in [0, 0.1) is 5.92 Å². The zero-order valence-electron chi connectivity index (χ0n) is 10.9. The Morgan fingerprint density at radius 2 is 2.17 bits per heavy atom. The molecule has 0 aliphatic carbocycles. The Morgan fingerprint density at radius 3 is 2.78 bits per heavy atom. The maximum absolute atomic E-state index is 12.0. The largest absolute Gasteiger partial charge is 0.393 e. The fourth-order valence-corrected chi connectivity index (χ4v) is 2.46. The monoisotopic (exact) mass is 247 g/mol. The topological polar surface area (TPSA) is 40.5 Å². The maximum Gasteiger partial charge on any atom is 0.222 e. The van der Waals surface area contributed by atoms with E-state index >= 15 is 0 Å². The van der Waals surface area contributed by atoms with Crippen molar-refractivity contribution in [3.8, 4) is 0 Å². The smallest absolute Gasteiger partial charge is 0.222 e. The highest BCUT2D eigenvalue weighted by Gasteiger charge is 2.28. The lowest BCUT2D eigenvalue weighted by Crippen LogP contribution is -2.30. The molecule has 1 aliphatic rings. The standard InChI is InChI=1S/C15H21NO2/c1-12(17)14-9-10-16(11-14)15(18)8-7-13-5-3-2-4-6-13/h2-6,12,14,17H,7-11H2,1H3. The van der Waals surface area contributed by atoms with E-state index < -0.39 is 0 Å². The Morgan fingerprint density at radius 1 is 1.44 bits per heavy atom. The fraction of sp³-hybridized carbons (Fsp3) is 0.533. The minimum absolute atomic E-state index is 0.210. The molecule has 0 spiro atoms. The lowest BCUT2D eigenvalue weighted by molar-refractivity contribution is -0.130. The van der Waals surface area contributed by atoms with Crippen LogP contribution < -0.4 is 0 Å². The molecule has 2 rings (SSSR count). The molecule has 2 unspecified atom stereocenters. The summed E-state index contributed by atoms with van der Waals surface area (Å²) < 4.78 is 0. The molecule has 0 aromatic heterocycles. The van der Waals surface area contributed by atoms with Gasteiger partial charge >= 0.3 is 0 Å². The molecular formula is C15H21NO2. The maximum atomic E-state index is 12.0. The zero-order chi connectivity index (χ0) is 13.0. The number of nitrogens with zero attached hydrogens (tertiary/aromatic N) is 1. The summed E-state index contributed by atoms with van der Waals surface area (Å²) in [5.74, 6) is 0.465. The van der Waals surface area contributed by atoms with Crippen molar-refractivity contribution in [2.24, 2.45) is 5.92 Å². The number of aryl methyl sites for hydroxylation is 1. The van der Waals surface area contributed by atoms with Crippen LogP contribution in [0.1, 0.15) is 25.3 Å². The summed E-state index contributed by atoms with van der Waals surface area (Å²) in [6.07, 6.45) is 1.98. The molecular weight excluding hydrogens is 226 g/mol. The van der Waals surface area contributed by atoms with Gasteiger partial charge in [0.2, 0.25) is 5.91 Å². The molecule has 3 nitrogen and oxygen atoms in total. The summed E-state index contributed by atoms with van der Waals surface area (Å²) in [5.41, 5.74) is 1.21. The molecule has 1 aromatic rings. The van der Waals surface area contributed by atoms with Crippen LogP contribution in [0.3, 0.4) is 0 Å². The fourth-order valence-electron chi connectivity index (χ4n) is 2.46. The van der Waals surface area contributed by atoms with Crippen LogP contribution in [0.5, 0.6) is 0 Å². The second-order valence-electron chi connectivity index (χ2n) is 5.11. The van der Waals surface area contributed by atoms with Gasteiger partial charge in [-0.15, -0.1) is 0 Å². The van der Waals surface area contributed by atoms with Gasteiger partial charge in [-0.25, -0.2) is 0 Å². The SMILES string of the molecule is CC(O)C1CCN(C(=O)CCc2ccccc2)C1. The zero-order valence-corrected chi connectivity index (χ0v) is 10.9. The molecule has 3 heteroatoms. The molecule has 1 aliphatic heterocycles. The van der Waals surface area contributed by atoms with Crippen LogP contribution in [0.4, 0.5) is 0 Å². The average Bonchev–Trinajstić information content (AvgIpc) is 2.87. The molecule has 1 fully saturated rings. The molecule has 1 saturated heterocycles. The predicted octanol–water partition coefficient (Wildman–Crippen LogP) is 1.85. The Bertz CT molecular complexity index is 389. The normalized spacial score (nSPS) is 21.0. The molecule has 18 heavy (non-hydrogen) atoms. The molecule has 1 amide bonds. The Balaban J connectivity index is 1.79. The number of hydrogen-bond acceptors (Lipinski definition) is 2. The summed E-state index contributed by atoms with van der Waals surface area (Å²) in [7, 11) is 0. The molecule has 0 bridgehead atoms. The second-order valence-corrected chi connectivity index (χ2v) is 5.11. The number of carbonyl (C=O) groups excluding carboxylic acids is 1. The van der Waals surface area contributed by atoms with E-state index in [1.54, 1.807) is 0 Å². The number of aliphatic hydroxyl groups is 1. The first-order chi connectivity index (χ1) is 8.66. The minimum Gasteiger partial charge on any atom is -0.393 e. The van der Waals surface area contributed by atoms with Gasteiger partial charge in [0.15, 0.2) is 0 Å². The number of hydrogen-bond donors (Lipinski definition) is 1. The molecule has 2 atom stereocenters. The Hall–Kier alpha value is -1.35. The lowest BCUT2D eigenvalue weighted by atomic mass is 10.0. The summed E-state index contributed by atoms with van der Waals surface area (Å²) in [6, 6.07) is 10.1. The Kier molecular flexibility index (Phi) is 4.37. The predicted molar refractivity (Wildman–Crippen MR) is 71.1 cm³/mol. The van der Waals surface area contributed by atoms with E-state index in [0.717, 1.165) is 19.4 Å². The highest BCUT2D eigenvalue weighted by molar-refractivity contribution is 5.76. The number of rotatable bonds is 4. The van der Waals surface area contributed by atoms with Crippen LogP contribution >= 0.6 is 0 Å². The van der Waals surface area contributed by atoms with Crippen molar-refractivity contribution in [2.45, 2.75) is 32.3 Å². The number of aliphatic hydroxyl groups excluding tert-OH is 1. The molecule has 0 radical (unpaired) electrons. The number of carbonyl (C=O) groups is 1. The highest BCUT2D eigenvalue weighted by Crippen LogP contribution is 2.20. The summed E-state index contributed by atoms with van der Waals surface area (Å²) in [6.45, 7) is 3.32.